The Balaban J connectivity index is 2.53. The number of rotatable bonds is 9. The summed E-state index contributed by atoms with van der Waals surface area (Å²) >= 11 is 0. The molecule has 1 fully saturated rings. The van der Waals surface area contributed by atoms with Gasteiger partial charge in [-0.25, -0.2) is 0 Å². The second-order valence-electron chi connectivity index (χ2n) is 6.52. The molecule has 0 amide bonds. The van der Waals surface area contributed by atoms with Crippen molar-refractivity contribution in [3.8, 4) is 0 Å². The van der Waals surface area contributed by atoms with Crippen LogP contribution in [0.5, 0.6) is 0 Å². The Hall–Kier alpha value is -0.0800. The van der Waals surface area contributed by atoms with Gasteiger partial charge >= 0.3 is 0 Å². The largest absolute Gasteiger partial charge is 0.314 e. The van der Waals surface area contributed by atoms with Gasteiger partial charge in [-0.05, 0) is 44.2 Å². The average molecular weight is 254 g/mol. The Morgan fingerprint density at radius 2 is 1.61 bits per heavy atom. The van der Waals surface area contributed by atoms with Crippen molar-refractivity contribution < 1.29 is 0 Å². The third-order valence-electron chi connectivity index (χ3n) is 4.19. The Labute approximate surface area is 115 Å². The Bertz CT molecular complexity index is 201. The van der Waals surface area contributed by atoms with E-state index >= 15 is 0 Å². The van der Waals surface area contributed by atoms with Crippen LogP contribution in [-0.4, -0.2) is 37.1 Å². The Morgan fingerprint density at radius 3 is 2.06 bits per heavy atom. The van der Waals surface area contributed by atoms with E-state index in [-0.39, 0.29) is 0 Å². The van der Waals surface area contributed by atoms with E-state index in [0.29, 0.717) is 11.5 Å². The van der Waals surface area contributed by atoms with E-state index in [1.54, 1.807) is 0 Å². The van der Waals surface area contributed by atoms with E-state index in [1.807, 2.05) is 0 Å². The predicted octanol–water partition coefficient (Wildman–Crippen LogP) is 3.67. The molecule has 0 radical (unpaired) electrons. The van der Waals surface area contributed by atoms with E-state index in [4.69, 9.17) is 0 Å². The van der Waals surface area contributed by atoms with Crippen LogP contribution in [0, 0.1) is 5.41 Å². The summed E-state index contributed by atoms with van der Waals surface area (Å²) in [4.78, 5) is 2.70. The van der Waals surface area contributed by atoms with Gasteiger partial charge < -0.3 is 10.2 Å². The molecule has 1 aliphatic rings. The highest BCUT2D eigenvalue weighted by Gasteiger charge is 2.35. The minimum Gasteiger partial charge on any atom is -0.314 e. The van der Waals surface area contributed by atoms with Crippen LogP contribution < -0.4 is 5.32 Å². The second kappa shape index (κ2) is 8.16. The maximum Gasteiger partial charge on any atom is 0.00501 e. The van der Waals surface area contributed by atoms with Crippen LogP contribution in [0.4, 0.5) is 0 Å². The number of nitrogens with zero attached hydrogens (tertiary/aromatic N) is 1. The molecule has 18 heavy (non-hydrogen) atoms. The van der Waals surface area contributed by atoms with E-state index in [1.165, 1.54) is 64.7 Å². The fraction of sp³-hybridized carbons (Fsp3) is 1.00. The van der Waals surface area contributed by atoms with Crippen molar-refractivity contribution in [1.29, 1.82) is 0 Å². The highest BCUT2D eigenvalue weighted by Crippen LogP contribution is 2.38. The smallest absolute Gasteiger partial charge is 0.00501 e. The van der Waals surface area contributed by atoms with Gasteiger partial charge in [0, 0.05) is 19.1 Å². The molecule has 1 saturated carbocycles. The molecule has 0 bridgehead atoms. The van der Waals surface area contributed by atoms with Crippen molar-refractivity contribution in [3.05, 3.63) is 0 Å². The molecule has 0 saturated heterocycles. The molecule has 0 aromatic heterocycles. The standard InChI is InChI=1S/C16H34N2/c1-5-11-18(12-6-2)14-16(9-7-8-10-16)13-17-15(3)4/h15,17H,5-14H2,1-4H3. The molecule has 0 spiro atoms. The van der Waals surface area contributed by atoms with Gasteiger partial charge in [-0.2, -0.15) is 0 Å². The van der Waals surface area contributed by atoms with E-state index in [0.717, 1.165) is 0 Å². The molecule has 0 aliphatic heterocycles. The van der Waals surface area contributed by atoms with Gasteiger partial charge in [-0.3, -0.25) is 0 Å². The van der Waals surface area contributed by atoms with Crippen LogP contribution >= 0.6 is 0 Å². The first-order valence-corrected chi connectivity index (χ1v) is 8.07. The minimum absolute atomic E-state index is 0.564. The van der Waals surface area contributed by atoms with Crippen LogP contribution in [0.2, 0.25) is 0 Å². The van der Waals surface area contributed by atoms with E-state index in [9.17, 15) is 0 Å². The minimum atomic E-state index is 0.564. The second-order valence-corrected chi connectivity index (χ2v) is 6.52. The molecule has 1 aliphatic carbocycles. The summed E-state index contributed by atoms with van der Waals surface area (Å²) in [7, 11) is 0. The first kappa shape index (κ1) is 16.0. The fourth-order valence-corrected chi connectivity index (χ4v) is 3.31. The lowest BCUT2D eigenvalue weighted by molar-refractivity contribution is 0.146. The van der Waals surface area contributed by atoms with Gasteiger partial charge in [0.2, 0.25) is 0 Å². The van der Waals surface area contributed by atoms with Crippen molar-refractivity contribution in [3.63, 3.8) is 0 Å². The maximum absolute atomic E-state index is 3.69. The first-order valence-electron chi connectivity index (χ1n) is 8.07. The SMILES string of the molecule is CCCN(CCC)CC1(CNC(C)C)CCCC1. The van der Waals surface area contributed by atoms with Crippen molar-refractivity contribution in [2.45, 2.75) is 72.3 Å². The van der Waals surface area contributed by atoms with Crippen LogP contribution in [0.1, 0.15) is 66.2 Å². The van der Waals surface area contributed by atoms with E-state index < -0.39 is 0 Å². The molecule has 1 N–H and O–H groups in total. The van der Waals surface area contributed by atoms with Gasteiger partial charge in [0.1, 0.15) is 0 Å². The Morgan fingerprint density at radius 1 is 1.06 bits per heavy atom. The quantitative estimate of drug-likeness (QED) is 0.675. The number of hydrogen-bond donors (Lipinski definition) is 1. The number of hydrogen-bond acceptors (Lipinski definition) is 2. The molecule has 0 aromatic rings. The first-order chi connectivity index (χ1) is 8.62. The summed E-state index contributed by atoms with van der Waals surface area (Å²) in [6, 6.07) is 0.619. The van der Waals surface area contributed by atoms with Crippen molar-refractivity contribution in [2.24, 2.45) is 5.41 Å². The Kier molecular flexibility index (Phi) is 7.25. The highest BCUT2D eigenvalue weighted by molar-refractivity contribution is 4.89. The van der Waals surface area contributed by atoms with Crippen LogP contribution in [-0.2, 0) is 0 Å². The third kappa shape index (κ3) is 5.27. The topological polar surface area (TPSA) is 15.3 Å². The summed E-state index contributed by atoms with van der Waals surface area (Å²) in [5, 5.41) is 3.69. The zero-order valence-corrected chi connectivity index (χ0v) is 13.1. The summed E-state index contributed by atoms with van der Waals surface area (Å²) in [6.07, 6.45) is 8.30. The van der Waals surface area contributed by atoms with Gasteiger partial charge in [0.25, 0.3) is 0 Å². The summed E-state index contributed by atoms with van der Waals surface area (Å²) in [6.45, 7) is 14.2. The predicted molar refractivity (Wildman–Crippen MR) is 81.1 cm³/mol. The van der Waals surface area contributed by atoms with Crippen LogP contribution in [0.25, 0.3) is 0 Å². The summed E-state index contributed by atoms with van der Waals surface area (Å²) < 4.78 is 0. The average Bonchev–Trinajstić information content (AvgIpc) is 2.76. The normalized spacial score (nSPS) is 19.0. The van der Waals surface area contributed by atoms with Crippen LogP contribution in [0.15, 0.2) is 0 Å². The maximum atomic E-state index is 3.69. The van der Waals surface area contributed by atoms with Gasteiger partial charge in [0.05, 0.1) is 0 Å². The molecule has 2 nitrogen and oxygen atoms in total. The molecule has 1 rings (SSSR count). The molecule has 0 unspecified atom stereocenters. The molecule has 0 heterocycles. The highest BCUT2D eigenvalue weighted by atomic mass is 15.1. The molecule has 108 valence electrons. The van der Waals surface area contributed by atoms with Crippen LogP contribution in [0.3, 0.4) is 0 Å². The van der Waals surface area contributed by atoms with E-state index in [2.05, 4.69) is 37.9 Å². The monoisotopic (exact) mass is 254 g/mol. The lowest BCUT2D eigenvalue weighted by Gasteiger charge is -2.36. The molecule has 0 aromatic carbocycles. The van der Waals surface area contributed by atoms with Crippen molar-refractivity contribution >= 4 is 0 Å². The molecular weight excluding hydrogens is 220 g/mol. The van der Waals surface area contributed by atoms with Crippen molar-refractivity contribution in [1.82, 2.24) is 10.2 Å². The van der Waals surface area contributed by atoms with Gasteiger partial charge in [0.15, 0.2) is 0 Å². The summed E-state index contributed by atoms with van der Waals surface area (Å²) in [5.41, 5.74) is 0.564. The third-order valence-corrected chi connectivity index (χ3v) is 4.19. The lowest BCUT2D eigenvalue weighted by Crippen LogP contribution is -2.44. The lowest BCUT2D eigenvalue weighted by atomic mass is 9.85. The van der Waals surface area contributed by atoms with Crippen molar-refractivity contribution in [2.75, 3.05) is 26.2 Å². The molecule has 2 heteroatoms. The zero-order chi connectivity index (χ0) is 13.4. The molecule has 0 atom stereocenters. The van der Waals surface area contributed by atoms with Gasteiger partial charge in [-0.1, -0.05) is 40.5 Å². The number of nitrogens with one attached hydrogen (secondary N) is 1. The van der Waals surface area contributed by atoms with Gasteiger partial charge in [-0.15, -0.1) is 0 Å². The fourth-order valence-electron chi connectivity index (χ4n) is 3.31. The summed E-state index contributed by atoms with van der Waals surface area (Å²) in [5.74, 6) is 0. The molecular formula is C16H34N2. The zero-order valence-electron chi connectivity index (χ0n) is 13.1.